The number of phenolic OH excluding ortho intramolecular Hbond substituents is 1. The molecule has 1 amide bonds. The Morgan fingerprint density at radius 1 is 1.06 bits per heavy atom. The summed E-state index contributed by atoms with van der Waals surface area (Å²) in [5.74, 6) is -13.3. The molecule has 3 aliphatic carbocycles. The molecule has 8 unspecified atom stereocenters. The van der Waals surface area contributed by atoms with E-state index in [9.17, 15) is 39.3 Å². The van der Waals surface area contributed by atoms with E-state index in [1.807, 2.05) is 0 Å². The van der Waals surface area contributed by atoms with E-state index in [1.54, 1.807) is 32.0 Å². The maximum Gasteiger partial charge on any atom is 0.235 e. The van der Waals surface area contributed by atoms with Crippen molar-refractivity contribution in [3.8, 4) is 5.75 Å². The van der Waals surface area contributed by atoms with Crippen molar-refractivity contribution in [1.29, 1.82) is 0 Å². The van der Waals surface area contributed by atoms with Gasteiger partial charge in [-0.25, -0.2) is 0 Å². The van der Waals surface area contributed by atoms with Crippen molar-refractivity contribution in [2.24, 2.45) is 29.4 Å². The first-order valence-corrected chi connectivity index (χ1v) is 11.2. The first-order valence-electron chi connectivity index (χ1n) is 11.2. The van der Waals surface area contributed by atoms with Gasteiger partial charge in [0.15, 0.2) is 34.7 Å². The molecule has 0 spiro atoms. The summed E-state index contributed by atoms with van der Waals surface area (Å²) in [5.41, 5.74) is 3.18. The Hall–Kier alpha value is -3.15. The molecule has 2 saturated carbocycles. The summed E-state index contributed by atoms with van der Waals surface area (Å²) in [7, 11) is 6.38. The fourth-order valence-corrected chi connectivity index (χ4v) is 6.44. The lowest BCUT2D eigenvalue weighted by Gasteiger charge is -2.56. The summed E-state index contributed by atoms with van der Waals surface area (Å²) >= 11 is 0. The molecule has 35 heavy (non-hydrogen) atoms. The summed E-state index contributed by atoms with van der Waals surface area (Å²) in [6.07, 6.45) is -1.65. The molecule has 2 fully saturated rings. The van der Waals surface area contributed by atoms with Crippen molar-refractivity contribution in [3.63, 3.8) is 0 Å². The average Bonchev–Trinajstić information content (AvgIpc) is 2.75. The monoisotopic (exact) mass is 487 g/mol. The molecule has 0 bridgehead atoms. The number of fused-ring (bicyclic) bond motifs is 3. The van der Waals surface area contributed by atoms with Crippen LogP contribution in [-0.2, 0) is 19.2 Å². The third-order valence-electron chi connectivity index (χ3n) is 7.93. The van der Waals surface area contributed by atoms with E-state index in [2.05, 4.69) is 0 Å². The fourth-order valence-electron chi connectivity index (χ4n) is 6.44. The van der Waals surface area contributed by atoms with Gasteiger partial charge in [-0.1, -0.05) is 6.92 Å². The predicted octanol–water partition coefficient (Wildman–Crippen LogP) is -1.54. The van der Waals surface area contributed by atoms with Crippen LogP contribution in [0.3, 0.4) is 0 Å². The number of likely N-dealkylation sites (N-methyl/N-ethyl adjacent to an activating group) is 1. The molecular weight excluding hydrogens is 458 g/mol. The smallest absolute Gasteiger partial charge is 0.235 e. The second kappa shape index (κ2) is 7.94. The van der Waals surface area contributed by atoms with Gasteiger partial charge in [0, 0.05) is 25.7 Å². The Bertz CT molecular complexity index is 1180. The minimum atomic E-state index is -3.00. The molecule has 5 N–H and O–H groups in total. The van der Waals surface area contributed by atoms with Crippen LogP contribution < -0.4 is 10.6 Å². The quantitative estimate of drug-likeness (QED) is 0.365. The average molecular weight is 488 g/mol. The number of aliphatic hydroxyl groups excluding tert-OH is 1. The number of aliphatic hydroxyl groups is 2. The van der Waals surface area contributed by atoms with Crippen molar-refractivity contribution in [2.75, 3.05) is 33.1 Å². The Morgan fingerprint density at radius 2 is 1.66 bits per heavy atom. The van der Waals surface area contributed by atoms with Crippen LogP contribution in [0.15, 0.2) is 12.1 Å². The molecular formula is C24H29N3O8. The SMILES string of the molecule is CC1c2c(N(C)C)ccc(O)c2C(=O)C2C(=O)C3(O)C(=O)C(C(N)=O)C(=O)C(N(C)C)C3C(O)C21. The minimum Gasteiger partial charge on any atom is -0.507 e. The predicted molar refractivity (Wildman–Crippen MR) is 122 cm³/mol. The van der Waals surface area contributed by atoms with Gasteiger partial charge in [-0.05, 0) is 37.7 Å². The standard InChI is InChI=1S/C24H29N3O8/c1-8-11-9(26(2)3)6-7-10(28)13(11)18(29)14-12(8)19(30)16-17(27(4)5)20(31)15(23(25)34)22(33)24(16,35)21(14)32/h6-8,12,14-17,19,28,30,35H,1-5H3,(H2,25,34). The number of Topliss-reactive ketones (excluding diaryl/α,β-unsaturated/α-hetero) is 4. The molecule has 8 atom stereocenters. The third kappa shape index (κ3) is 3.04. The summed E-state index contributed by atoms with van der Waals surface area (Å²) in [6, 6.07) is 1.53. The van der Waals surface area contributed by atoms with Crippen molar-refractivity contribution < 1.29 is 39.3 Å². The van der Waals surface area contributed by atoms with Crippen LogP contribution >= 0.6 is 0 Å². The van der Waals surface area contributed by atoms with Crippen LogP contribution in [0.1, 0.15) is 28.8 Å². The number of rotatable bonds is 3. The van der Waals surface area contributed by atoms with Crippen molar-refractivity contribution in [3.05, 3.63) is 23.3 Å². The van der Waals surface area contributed by atoms with Gasteiger partial charge >= 0.3 is 0 Å². The normalized spacial score (nSPS) is 36.5. The number of hydrogen-bond donors (Lipinski definition) is 4. The van der Waals surface area contributed by atoms with Gasteiger partial charge in [0.1, 0.15) is 5.75 Å². The number of nitrogens with two attached hydrogens (primary N) is 1. The van der Waals surface area contributed by atoms with E-state index < -0.39 is 76.4 Å². The topological polar surface area (TPSA) is 179 Å². The first-order chi connectivity index (χ1) is 16.2. The maximum absolute atomic E-state index is 13.8. The lowest BCUT2D eigenvalue weighted by atomic mass is 9.49. The molecule has 3 aliphatic rings. The van der Waals surface area contributed by atoms with Gasteiger partial charge in [0.25, 0.3) is 0 Å². The molecule has 11 heteroatoms. The van der Waals surface area contributed by atoms with Gasteiger partial charge in [-0.2, -0.15) is 0 Å². The van der Waals surface area contributed by atoms with Crippen molar-refractivity contribution >= 4 is 34.7 Å². The minimum absolute atomic E-state index is 0.123. The maximum atomic E-state index is 13.8. The van der Waals surface area contributed by atoms with E-state index in [0.717, 1.165) is 0 Å². The van der Waals surface area contributed by atoms with E-state index >= 15 is 0 Å². The van der Waals surface area contributed by atoms with Gasteiger partial charge < -0.3 is 26.0 Å². The first kappa shape index (κ1) is 25.0. The molecule has 0 aromatic heterocycles. The highest BCUT2D eigenvalue weighted by molar-refractivity contribution is 6.32. The van der Waals surface area contributed by atoms with Gasteiger partial charge in [-0.3, -0.25) is 28.9 Å². The lowest BCUT2D eigenvalue weighted by Crippen LogP contribution is -2.77. The van der Waals surface area contributed by atoms with Gasteiger partial charge in [0.05, 0.1) is 29.5 Å². The van der Waals surface area contributed by atoms with Gasteiger partial charge in [0.2, 0.25) is 5.91 Å². The number of benzene rings is 1. The number of ketones is 4. The number of anilines is 1. The summed E-state index contributed by atoms with van der Waals surface area (Å²) < 4.78 is 0. The van der Waals surface area contributed by atoms with Gasteiger partial charge in [-0.15, -0.1) is 0 Å². The second-order valence-corrected chi connectivity index (χ2v) is 10.2. The molecule has 1 aromatic carbocycles. The molecule has 0 heterocycles. The zero-order valence-electron chi connectivity index (χ0n) is 20.1. The molecule has 4 rings (SSSR count). The van der Waals surface area contributed by atoms with Crippen LogP contribution in [0.4, 0.5) is 5.69 Å². The largest absolute Gasteiger partial charge is 0.507 e. The number of nitrogens with zero attached hydrogens (tertiary/aromatic N) is 2. The van der Waals surface area contributed by atoms with E-state index in [1.165, 1.54) is 25.1 Å². The molecule has 188 valence electrons. The van der Waals surface area contributed by atoms with Crippen LogP contribution in [0.5, 0.6) is 5.75 Å². The Morgan fingerprint density at radius 3 is 2.17 bits per heavy atom. The Kier molecular flexibility index (Phi) is 5.66. The number of phenols is 1. The lowest BCUT2D eigenvalue weighted by molar-refractivity contribution is -0.196. The zero-order valence-corrected chi connectivity index (χ0v) is 20.1. The molecule has 0 saturated heterocycles. The van der Waals surface area contributed by atoms with Crippen molar-refractivity contribution in [2.45, 2.75) is 30.6 Å². The number of carbonyl (C=O) groups excluding carboxylic acids is 5. The number of primary amides is 1. The number of carbonyl (C=O) groups is 5. The Labute approximate surface area is 201 Å². The third-order valence-corrected chi connectivity index (χ3v) is 7.93. The van der Waals surface area contributed by atoms with Crippen LogP contribution in [0, 0.1) is 23.7 Å². The van der Waals surface area contributed by atoms with E-state index in [-0.39, 0.29) is 11.3 Å². The highest BCUT2D eigenvalue weighted by Crippen LogP contribution is 2.55. The van der Waals surface area contributed by atoms with Crippen molar-refractivity contribution in [1.82, 2.24) is 4.90 Å². The van der Waals surface area contributed by atoms with E-state index in [0.29, 0.717) is 11.3 Å². The number of aromatic hydroxyl groups is 1. The fraction of sp³-hybridized carbons (Fsp3) is 0.542. The van der Waals surface area contributed by atoms with Crippen LogP contribution in [0.2, 0.25) is 0 Å². The van der Waals surface area contributed by atoms with Crippen LogP contribution in [0.25, 0.3) is 0 Å². The highest BCUT2D eigenvalue weighted by atomic mass is 16.3. The molecule has 11 nitrogen and oxygen atoms in total. The number of hydrogen-bond acceptors (Lipinski definition) is 10. The molecule has 0 aliphatic heterocycles. The molecule has 1 aromatic rings. The molecule has 0 radical (unpaired) electrons. The summed E-state index contributed by atoms with van der Waals surface area (Å²) in [6.45, 7) is 1.68. The summed E-state index contributed by atoms with van der Waals surface area (Å²) in [5, 5.41) is 33.7. The zero-order chi connectivity index (χ0) is 26.3. The highest BCUT2D eigenvalue weighted by Gasteiger charge is 2.73. The Balaban J connectivity index is 1.99. The van der Waals surface area contributed by atoms with E-state index in [4.69, 9.17) is 5.73 Å². The second-order valence-electron chi connectivity index (χ2n) is 10.2. The van der Waals surface area contributed by atoms with Crippen LogP contribution in [-0.4, -0.2) is 95.2 Å². The summed E-state index contributed by atoms with van der Waals surface area (Å²) in [4.78, 5) is 69.0. The number of amides is 1.